The molecule has 0 aliphatic carbocycles. The average Bonchev–Trinajstić information content (AvgIpc) is 2.34. The molecule has 2 rings (SSSR count). The first-order chi connectivity index (χ1) is 8.56. The number of hydrogen-bond acceptors (Lipinski definition) is 1. The lowest BCUT2D eigenvalue weighted by Crippen LogP contribution is -1.99. The van der Waals surface area contributed by atoms with Crippen molar-refractivity contribution in [2.24, 2.45) is 0 Å². The first kappa shape index (κ1) is 13.0. The van der Waals surface area contributed by atoms with E-state index < -0.39 is 10.8 Å². The van der Waals surface area contributed by atoms with Gasteiger partial charge in [0.15, 0.2) is 0 Å². The van der Waals surface area contributed by atoms with Gasteiger partial charge in [0.2, 0.25) is 0 Å². The minimum atomic E-state index is -1.20. The van der Waals surface area contributed by atoms with Gasteiger partial charge in [0.1, 0.15) is 5.82 Å². The van der Waals surface area contributed by atoms with Crippen molar-refractivity contribution in [3.63, 3.8) is 0 Å². The van der Waals surface area contributed by atoms with Gasteiger partial charge in [-0.25, -0.2) is 4.39 Å². The van der Waals surface area contributed by atoms with E-state index in [9.17, 15) is 8.60 Å². The first-order valence-electron chi connectivity index (χ1n) is 5.76. The Morgan fingerprint density at radius 1 is 1.11 bits per heavy atom. The van der Waals surface area contributed by atoms with Crippen LogP contribution in [0, 0.1) is 19.7 Å². The van der Waals surface area contributed by atoms with E-state index in [4.69, 9.17) is 0 Å². The number of aryl methyl sites for hydroxylation is 2. The van der Waals surface area contributed by atoms with E-state index >= 15 is 0 Å². The maximum absolute atomic E-state index is 13.1. The summed E-state index contributed by atoms with van der Waals surface area (Å²) in [6.07, 6.45) is 0. The van der Waals surface area contributed by atoms with Gasteiger partial charge >= 0.3 is 0 Å². The number of hydrogen-bond donors (Lipinski definition) is 0. The SMILES string of the molecule is Cc1ccc(C)c(CS(=O)c2cccc(F)c2)c1. The predicted octanol–water partition coefficient (Wildman–Crippen LogP) is 3.75. The molecule has 0 bridgehead atoms. The molecular formula is C15H15FOS. The Bertz CT molecular complexity index is 593. The summed E-state index contributed by atoms with van der Waals surface area (Å²) in [5.41, 5.74) is 3.31. The van der Waals surface area contributed by atoms with Crippen molar-refractivity contribution in [3.05, 3.63) is 65.0 Å². The van der Waals surface area contributed by atoms with E-state index in [1.54, 1.807) is 12.1 Å². The Balaban J connectivity index is 2.24. The van der Waals surface area contributed by atoms with Gasteiger partial charge in [0.05, 0.1) is 16.6 Å². The van der Waals surface area contributed by atoms with Crippen molar-refractivity contribution in [2.75, 3.05) is 0 Å². The lowest BCUT2D eigenvalue weighted by atomic mass is 10.1. The highest BCUT2D eigenvalue weighted by Crippen LogP contribution is 2.17. The fourth-order valence-corrected chi connectivity index (χ4v) is 3.02. The molecule has 1 nitrogen and oxygen atoms in total. The van der Waals surface area contributed by atoms with Crippen LogP contribution in [0.1, 0.15) is 16.7 Å². The van der Waals surface area contributed by atoms with Crippen molar-refractivity contribution < 1.29 is 8.60 Å². The zero-order valence-electron chi connectivity index (χ0n) is 10.4. The Morgan fingerprint density at radius 3 is 2.61 bits per heavy atom. The number of halogens is 1. The minimum absolute atomic E-state index is 0.346. The maximum Gasteiger partial charge on any atom is 0.124 e. The van der Waals surface area contributed by atoms with Crippen molar-refractivity contribution in [3.8, 4) is 0 Å². The van der Waals surface area contributed by atoms with Gasteiger partial charge in [-0.05, 0) is 43.2 Å². The third-order valence-corrected chi connectivity index (χ3v) is 4.20. The lowest BCUT2D eigenvalue weighted by molar-refractivity contribution is 0.622. The van der Waals surface area contributed by atoms with E-state index in [-0.39, 0.29) is 5.82 Å². The summed E-state index contributed by atoms with van der Waals surface area (Å²) in [6.45, 7) is 4.01. The van der Waals surface area contributed by atoms with Crippen LogP contribution in [0.2, 0.25) is 0 Å². The summed E-state index contributed by atoms with van der Waals surface area (Å²) < 4.78 is 25.2. The largest absolute Gasteiger partial charge is 0.254 e. The van der Waals surface area contributed by atoms with Crippen LogP contribution >= 0.6 is 0 Å². The molecule has 0 amide bonds. The normalized spacial score (nSPS) is 12.4. The quantitative estimate of drug-likeness (QED) is 0.823. The standard InChI is InChI=1S/C15H15FOS/c1-11-6-7-12(2)13(8-11)10-18(17)15-5-3-4-14(16)9-15/h3-9H,10H2,1-2H3. The second kappa shape index (κ2) is 5.44. The summed E-state index contributed by atoms with van der Waals surface area (Å²) >= 11 is 0. The Kier molecular flexibility index (Phi) is 3.92. The third-order valence-electron chi connectivity index (χ3n) is 2.85. The predicted molar refractivity (Wildman–Crippen MR) is 72.4 cm³/mol. The highest BCUT2D eigenvalue weighted by molar-refractivity contribution is 7.84. The molecule has 2 aromatic carbocycles. The van der Waals surface area contributed by atoms with Gasteiger partial charge in [0.25, 0.3) is 0 Å². The zero-order valence-corrected chi connectivity index (χ0v) is 11.3. The van der Waals surface area contributed by atoms with Crippen molar-refractivity contribution in [2.45, 2.75) is 24.5 Å². The zero-order chi connectivity index (χ0) is 13.1. The van der Waals surface area contributed by atoms with Crippen molar-refractivity contribution >= 4 is 10.8 Å². The van der Waals surface area contributed by atoms with Gasteiger partial charge in [-0.1, -0.05) is 29.8 Å². The molecule has 18 heavy (non-hydrogen) atoms. The Hall–Kier alpha value is -1.48. The molecule has 0 aliphatic rings. The van der Waals surface area contributed by atoms with Gasteiger partial charge in [-0.15, -0.1) is 0 Å². The molecule has 1 unspecified atom stereocenters. The second-order valence-electron chi connectivity index (χ2n) is 4.38. The van der Waals surface area contributed by atoms with Crippen LogP contribution in [0.25, 0.3) is 0 Å². The molecule has 2 aromatic rings. The molecule has 1 atom stereocenters. The van der Waals surface area contributed by atoms with E-state index in [2.05, 4.69) is 0 Å². The van der Waals surface area contributed by atoms with E-state index in [1.165, 1.54) is 12.1 Å². The molecule has 0 fully saturated rings. The summed E-state index contributed by atoms with van der Waals surface area (Å²) in [4.78, 5) is 0.538. The smallest absolute Gasteiger partial charge is 0.124 e. The number of benzene rings is 2. The van der Waals surface area contributed by atoms with Gasteiger partial charge in [-0.3, -0.25) is 4.21 Å². The summed E-state index contributed by atoms with van der Waals surface area (Å²) in [6, 6.07) is 12.1. The summed E-state index contributed by atoms with van der Waals surface area (Å²) in [5, 5.41) is 0. The highest BCUT2D eigenvalue weighted by atomic mass is 32.2. The molecule has 0 saturated heterocycles. The summed E-state index contributed by atoms with van der Waals surface area (Å²) in [5.74, 6) is 0.0820. The van der Waals surface area contributed by atoms with Gasteiger partial charge in [0, 0.05) is 4.90 Å². The molecule has 0 radical (unpaired) electrons. The van der Waals surface area contributed by atoms with Crippen molar-refractivity contribution in [1.29, 1.82) is 0 Å². The monoisotopic (exact) mass is 262 g/mol. The molecule has 0 N–H and O–H groups in total. The molecular weight excluding hydrogens is 247 g/mol. The second-order valence-corrected chi connectivity index (χ2v) is 5.83. The molecule has 3 heteroatoms. The van der Waals surface area contributed by atoms with E-state index in [1.807, 2.05) is 32.0 Å². The molecule has 0 aliphatic heterocycles. The minimum Gasteiger partial charge on any atom is -0.254 e. The van der Waals surface area contributed by atoms with Gasteiger partial charge < -0.3 is 0 Å². The van der Waals surface area contributed by atoms with Crippen LogP contribution in [-0.4, -0.2) is 4.21 Å². The van der Waals surface area contributed by atoms with Crippen LogP contribution in [0.5, 0.6) is 0 Å². The van der Waals surface area contributed by atoms with Crippen LogP contribution < -0.4 is 0 Å². The average molecular weight is 262 g/mol. The Morgan fingerprint density at radius 2 is 1.89 bits per heavy atom. The van der Waals surface area contributed by atoms with E-state index in [0.29, 0.717) is 10.6 Å². The van der Waals surface area contributed by atoms with Crippen LogP contribution in [0.4, 0.5) is 4.39 Å². The van der Waals surface area contributed by atoms with Gasteiger partial charge in [-0.2, -0.15) is 0 Å². The van der Waals surface area contributed by atoms with Crippen molar-refractivity contribution in [1.82, 2.24) is 0 Å². The van der Waals surface area contributed by atoms with E-state index in [0.717, 1.165) is 16.7 Å². The fourth-order valence-electron chi connectivity index (χ4n) is 1.79. The van der Waals surface area contributed by atoms with Crippen LogP contribution in [-0.2, 0) is 16.6 Å². The fraction of sp³-hybridized carbons (Fsp3) is 0.200. The lowest BCUT2D eigenvalue weighted by Gasteiger charge is -2.07. The maximum atomic E-state index is 13.1. The molecule has 0 aromatic heterocycles. The molecule has 0 saturated carbocycles. The topological polar surface area (TPSA) is 17.1 Å². The molecule has 0 heterocycles. The summed E-state index contributed by atoms with van der Waals surface area (Å²) in [7, 11) is -1.20. The van der Waals surface area contributed by atoms with Crippen LogP contribution in [0.15, 0.2) is 47.4 Å². The number of rotatable bonds is 3. The van der Waals surface area contributed by atoms with Crippen LogP contribution in [0.3, 0.4) is 0 Å². The molecule has 0 spiro atoms. The first-order valence-corrected chi connectivity index (χ1v) is 7.08. The highest BCUT2D eigenvalue weighted by Gasteiger charge is 2.08. The molecule has 94 valence electrons. The third kappa shape index (κ3) is 3.05. The Labute approximate surface area is 109 Å².